The minimum absolute atomic E-state index is 0.0569. The van der Waals surface area contributed by atoms with Crippen LogP contribution in [0.4, 0.5) is 13.2 Å². The summed E-state index contributed by atoms with van der Waals surface area (Å²) in [6.07, 6.45) is -3.62. The van der Waals surface area contributed by atoms with Crippen LogP contribution >= 0.6 is 0 Å². The second-order valence-corrected chi connectivity index (χ2v) is 2.74. The van der Waals surface area contributed by atoms with Gasteiger partial charge in [-0.1, -0.05) is 5.16 Å². The largest absolute Gasteiger partial charge is 0.389 e. The van der Waals surface area contributed by atoms with Crippen molar-refractivity contribution in [3.8, 4) is 0 Å². The maximum atomic E-state index is 11.7. The lowest BCUT2D eigenvalue weighted by Gasteiger charge is -2.05. The van der Waals surface area contributed by atoms with Gasteiger partial charge in [0.1, 0.15) is 0 Å². The van der Waals surface area contributed by atoms with Crippen molar-refractivity contribution in [2.75, 3.05) is 6.54 Å². The second-order valence-electron chi connectivity index (χ2n) is 2.74. The SMILES string of the molecule is FC(F)(F)CCCNCc1ncon1. The van der Waals surface area contributed by atoms with Gasteiger partial charge in [-0.2, -0.15) is 18.2 Å². The quantitative estimate of drug-likeness (QED) is 0.746. The number of aromatic nitrogens is 2. The first-order valence-electron chi connectivity index (χ1n) is 4.10. The van der Waals surface area contributed by atoms with Gasteiger partial charge in [-0.15, -0.1) is 0 Å². The molecule has 1 heterocycles. The summed E-state index contributed by atoms with van der Waals surface area (Å²) < 4.78 is 39.5. The Bertz CT molecular complexity index is 247. The molecule has 1 aromatic rings. The maximum absolute atomic E-state index is 11.7. The molecule has 0 amide bonds. The van der Waals surface area contributed by atoms with Gasteiger partial charge in [0.2, 0.25) is 6.39 Å². The van der Waals surface area contributed by atoms with E-state index in [1.807, 2.05) is 0 Å². The summed E-state index contributed by atoms with van der Waals surface area (Å²) in [6, 6.07) is 0. The summed E-state index contributed by atoms with van der Waals surface area (Å²) in [5, 5.41) is 6.27. The first kappa shape index (κ1) is 11.0. The second kappa shape index (κ2) is 4.94. The highest BCUT2D eigenvalue weighted by atomic mass is 19.4. The van der Waals surface area contributed by atoms with Gasteiger partial charge in [0, 0.05) is 6.42 Å². The molecule has 0 aromatic carbocycles. The molecule has 0 atom stereocenters. The first-order valence-corrected chi connectivity index (χ1v) is 4.10. The molecule has 4 nitrogen and oxygen atoms in total. The molecule has 80 valence electrons. The molecule has 0 saturated heterocycles. The van der Waals surface area contributed by atoms with Crippen molar-refractivity contribution in [2.45, 2.75) is 25.6 Å². The molecule has 7 heteroatoms. The zero-order chi connectivity index (χ0) is 10.4. The van der Waals surface area contributed by atoms with E-state index in [9.17, 15) is 13.2 Å². The number of halogens is 3. The molecular weight excluding hydrogens is 199 g/mol. The molecular formula is C7H10F3N3O. The Morgan fingerprint density at radius 3 is 2.79 bits per heavy atom. The van der Waals surface area contributed by atoms with Gasteiger partial charge < -0.3 is 9.84 Å². The molecule has 1 rings (SSSR count). The Morgan fingerprint density at radius 2 is 2.21 bits per heavy atom. The van der Waals surface area contributed by atoms with Crippen molar-refractivity contribution in [1.82, 2.24) is 15.5 Å². The number of nitrogens with one attached hydrogen (secondary N) is 1. The molecule has 0 radical (unpaired) electrons. The van der Waals surface area contributed by atoms with Crippen LogP contribution in [-0.4, -0.2) is 22.9 Å². The van der Waals surface area contributed by atoms with Gasteiger partial charge in [0.15, 0.2) is 5.82 Å². The Hall–Kier alpha value is -1.11. The van der Waals surface area contributed by atoms with Crippen LogP contribution in [0.1, 0.15) is 18.7 Å². The maximum Gasteiger partial charge on any atom is 0.389 e. The van der Waals surface area contributed by atoms with Gasteiger partial charge in [0.25, 0.3) is 0 Å². The normalized spacial score (nSPS) is 11.9. The highest BCUT2D eigenvalue weighted by Crippen LogP contribution is 2.20. The zero-order valence-electron chi connectivity index (χ0n) is 7.34. The van der Waals surface area contributed by atoms with Crippen molar-refractivity contribution in [3.63, 3.8) is 0 Å². The fourth-order valence-electron chi connectivity index (χ4n) is 0.884. The van der Waals surface area contributed by atoms with Gasteiger partial charge >= 0.3 is 6.18 Å². The molecule has 0 aliphatic heterocycles. The topological polar surface area (TPSA) is 51.0 Å². The molecule has 14 heavy (non-hydrogen) atoms. The molecule has 0 bridgehead atoms. The standard InChI is InChI=1S/C7H10F3N3O/c8-7(9,10)2-1-3-11-4-6-12-5-14-13-6/h5,11H,1-4H2. The van der Waals surface area contributed by atoms with Crippen LogP contribution in [0.5, 0.6) is 0 Å². The van der Waals surface area contributed by atoms with Crippen LogP contribution in [0.2, 0.25) is 0 Å². The molecule has 0 aliphatic carbocycles. The van der Waals surface area contributed by atoms with Crippen LogP contribution in [0.25, 0.3) is 0 Å². The summed E-state index contributed by atoms with van der Waals surface area (Å²) in [6.45, 7) is 0.613. The van der Waals surface area contributed by atoms with Crippen molar-refractivity contribution >= 4 is 0 Å². The van der Waals surface area contributed by atoms with E-state index >= 15 is 0 Å². The third-order valence-corrected chi connectivity index (χ3v) is 1.50. The Labute approximate surface area is 78.5 Å². The molecule has 0 spiro atoms. The third kappa shape index (κ3) is 4.80. The summed E-state index contributed by atoms with van der Waals surface area (Å²) in [4.78, 5) is 3.70. The van der Waals surface area contributed by atoms with E-state index in [1.165, 1.54) is 6.39 Å². The van der Waals surface area contributed by atoms with E-state index in [0.717, 1.165) is 0 Å². The monoisotopic (exact) mass is 209 g/mol. The average molecular weight is 209 g/mol. The minimum Gasteiger partial charge on any atom is -0.343 e. The highest BCUT2D eigenvalue weighted by molar-refractivity contribution is 4.75. The minimum atomic E-state index is -4.08. The lowest BCUT2D eigenvalue weighted by atomic mass is 10.3. The van der Waals surface area contributed by atoms with Crippen molar-refractivity contribution in [3.05, 3.63) is 12.2 Å². The number of alkyl halides is 3. The van der Waals surface area contributed by atoms with Gasteiger partial charge in [-0.05, 0) is 13.0 Å². The molecule has 0 aliphatic rings. The fraction of sp³-hybridized carbons (Fsp3) is 0.714. The third-order valence-electron chi connectivity index (χ3n) is 1.50. The van der Waals surface area contributed by atoms with E-state index in [0.29, 0.717) is 12.4 Å². The van der Waals surface area contributed by atoms with Gasteiger partial charge in [0.05, 0.1) is 6.54 Å². The molecule has 1 aromatic heterocycles. The number of hydrogen-bond donors (Lipinski definition) is 1. The number of hydrogen-bond acceptors (Lipinski definition) is 4. The molecule has 0 unspecified atom stereocenters. The Balaban J connectivity index is 2.00. The lowest BCUT2D eigenvalue weighted by Crippen LogP contribution is -2.18. The summed E-state index contributed by atoms with van der Waals surface area (Å²) in [5.41, 5.74) is 0. The fourth-order valence-corrected chi connectivity index (χ4v) is 0.884. The lowest BCUT2D eigenvalue weighted by molar-refractivity contribution is -0.135. The molecule has 0 fully saturated rings. The predicted octanol–water partition coefficient (Wildman–Crippen LogP) is 1.50. The van der Waals surface area contributed by atoms with E-state index < -0.39 is 12.6 Å². The smallest absolute Gasteiger partial charge is 0.343 e. The van der Waals surface area contributed by atoms with Crippen LogP contribution in [-0.2, 0) is 6.54 Å². The number of rotatable bonds is 5. The van der Waals surface area contributed by atoms with E-state index in [1.54, 1.807) is 0 Å². The van der Waals surface area contributed by atoms with Crippen LogP contribution in [0.3, 0.4) is 0 Å². The summed E-state index contributed by atoms with van der Waals surface area (Å²) in [5.74, 6) is 0.442. The first-order chi connectivity index (χ1) is 6.58. The summed E-state index contributed by atoms with van der Waals surface area (Å²) >= 11 is 0. The van der Waals surface area contributed by atoms with E-state index in [4.69, 9.17) is 0 Å². The zero-order valence-corrected chi connectivity index (χ0v) is 7.34. The van der Waals surface area contributed by atoms with Crippen LogP contribution in [0, 0.1) is 0 Å². The van der Waals surface area contributed by atoms with Crippen LogP contribution in [0.15, 0.2) is 10.9 Å². The molecule has 0 saturated carbocycles. The highest BCUT2D eigenvalue weighted by Gasteiger charge is 2.25. The van der Waals surface area contributed by atoms with Gasteiger partial charge in [-0.25, -0.2) is 0 Å². The van der Waals surface area contributed by atoms with Crippen molar-refractivity contribution in [2.24, 2.45) is 0 Å². The van der Waals surface area contributed by atoms with Crippen molar-refractivity contribution < 1.29 is 17.7 Å². The predicted molar refractivity (Wildman–Crippen MR) is 41.3 cm³/mol. The average Bonchev–Trinajstić information content (AvgIpc) is 2.54. The Kier molecular flexibility index (Phi) is 3.87. The molecule has 1 N–H and O–H groups in total. The number of nitrogens with zero attached hydrogens (tertiary/aromatic N) is 2. The van der Waals surface area contributed by atoms with Crippen molar-refractivity contribution in [1.29, 1.82) is 0 Å². The Morgan fingerprint density at radius 1 is 1.43 bits per heavy atom. The van der Waals surface area contributed by atoms with E-state index in [-0.39, 0.29) is 13.0 Å². The summed E-state index contributed by atoms with van der Waals surface area (Å²) in [7, 11) is 0. The van der Waals surface area contributed by atoms with Crippen LogP contribution < -0.4 is 5.32 Å². The van der Waals surface area contributed by atoms with E-state index in [2.05, 4.69) is 20.0 Å². The van der Waals surface area contributed by atoms with Gasteiger partial charge in [-0.3, -0.25) is 0 Å².